The average Bonchev–Trinajstić information content (AvgIpc) is 3.04. The minimum absolute atomic E-state index is 0.332. The van der Waals surface area contributed by atoms with Gasteiger partial charge in [-0.2, -0.15) is 0 Å². The molecular formula is C15H13NO2. The van der Waals surface area contributed by atoms with E-state index in [0.717, 1.165) is 18.0 Å². The second-order valence-corrected chi connectivity index (χ2v) is 4.63. The van der Waals surface area contributed by atoms with Crippen molar-refractivity contribution in [1.82, 2.24) is 0 Å². The molecule has 0 aromatic heterocycles. The van der Waals surface area contributed by atoms with E-state index in [1.807, 2.05) is 6.07 Å². The maximum absolute atomic E-state index is 5.44. The Bertz CT molecular complexity index is 609. The van der Waals surface area contributed by atoms with Crippen molar-refractivity contribution >= 4 is 5.69 Å². The number of rotatable bonds is 1. The molecule has 2 aliphatic rings. The van der Waals surface area contributed by atoms with Gasteiger partial charge >= 0.3 is 0 Å². The summed E-state index contributed by atoms with van der Waals surface area (Å²) in [7, 11) is 0. The van der Waals surface area contributed by atoms with E-state index in [9.17, 15) is 0 Å². The Hall–Kier alpha value is -2.16. The minimum atomic E-state index is 0.332. The smallest absolute Gasteiger partial charge is 0.231 e. The molecule has 0 saturated carbocycles. The third-order valence-corrected chi connectivity index (χ3v) is 3.63. The lowest BCUT2D eigenvalue weighted by atomic mass is 9.93. The van der Waals surface area contributed by atoms with Gasteiger partial charge in [-0.3, -0.25) is 0 Å². The molecule has 0 aliphatic carbocycles. The van der Waals surface area contributed by atoms with Crippen LogP contribution < -0.4 is 14.8 Å². The van der Waals surface area contributed by atoms with Crippen molar-refractivity contribution in [3.05, 3.63) is 53.6 Å². The van der Waals surface area contributed by atoms with Gasteiger partial charge in [0.2, 0.25) is 6.79 Å². The van der Waals surface area contributed by atoms with Crippen LogP contribution in [0.1, 0.15) is 17.0 Å². The molecule has 2 aliphatic heterocycles. The van der Waals surface area contributed by atoms with Crippen LogP contribution in [-0.4, -0.2) is 13.3 Å². The molecule has 0 spiro atoms. The van der Waals surface area contributed by atoms with Crippen molar-refractivity contribution in [2.75, 3.05) is 18.7 Å². The highest BCUT2D eigenvalue weighted by Gasteiger charge is 2.25. The lowest BCUT2D eigenvalue weighted by molar-refractivity contribution is 0.174. The fraction of sp³-hybridized carbons (Fsp3) is 0.200. The highest BCUT2D eigenvalue weighted by Crippen LogP contribution is 2.40. The SMILES string of the molecule is c1ccc2c(c1)NCC2c1ccc2c(c1)OCO2. The van der Waals surface area contributed by atoms with Crippen LogP contribution in [0.2, 0.25) is 0 Å². The van der Waals surface area contributed by atoms with Crippen molar-refractivity contribution in [3.63, 3.8) is 0 Å². The van der Waals surface area contributed by atoms with Crippen LogP contribution in [-0.2, 0) is 0 Å². The predicted octanol–water partition coefficient (Wildman–Crippen LogP) is 2.97. The molecule has 1 unspecified atom stereocenters. The summed E-state index contributed by atoms with van der Waals surface area (Å²) in [5.41, 5.74) is 3.87. The summed E-state index contributed by atoms with van der Waals surface area (Å²) in [6.45, 7) is 1.28. The van der Waals surface area contributed by atoms with Gasteiger partial charge in [0.05, 0.1) is 0 Å². The third-order valence-electron chi connectivity index (χ3n) is 3.63. The predicted molar refractivity (Wildman–Crippen MR) is 69.3 cm³/mol. The fourth-order valence-corrected chi connectivity index (χ4v) is 2.71. The molecule has 2 heterocycles. The standard InChI is InChI=1S/C15H13NO2/c1-2-4-13-11(3-1)12(8-16-13)10-5-6-14-15(7-10)18-9-17-14/h1-7,12,16H,8-9H2. The summed E-state index contributed by atoms with van der Waals surface area (Å²) in [5, 5.41) is 3.44. The Morgan fingerprint density at radius 3 is 2.89 bits per heavy atom. The van der Waals surface area contributed by atoms with Crippen LogP contribution in [0, 0.1) is 0 Å². The molecular weight excluding hydrogens is 226 g/mol. The molecule has 0 radical (unpaired) electrons. The molecule has 1 atom stereocenters. The third kappa shape index (κ3) is 1.37. The molecule has 2 aromatic carbocycles. The first-order valence-corrected chi connectivity index (χ1v) is 6.14. The van der Waals surface area contributed by atoms with Gasteiger partial charge in [-0.1, -0.05) is 24.3 Å². The molecule has 0 fully saturated rings. The van der Waals surface area contributed by atoms with Gasteiger partial charge < -0.3 is 14.8 Å². The molecule has 3 nitrogen and oxygen atoms in total. The lowest BCUT2D eigenvalue weighted by Gasteiger charge is -2.11. The number of hydrogen-bond acceptors (Lipinski definition) is 3. The van der Waals surface area contributed by atoms with E-state index in [4.69, 9.17) is 9.47 Å². The molecule has 90 valence electrons. The molecule has 1 N–H and O–H groups in total. The largest absolute Gasteiger partial charge is 0.454 e. The fourth-order valence-electron chi connectivity index (χ4n) is 2.71. The van der Waals surface area contributed by atoms with E-state index in [1.165, 1.54) is 16.8 Å². The first-order chi connectivity index (χ1) is 8.92. The molecule has 3 heteroatoms. The van der Waals surface area contributed by atoms with Gasteiger partial charge in [-0.05, 0) is 29.3 Å². The van der Waals surface area contributed by atoms with Gasteiger partial charge in [0, 0.05) is 18.2 Å². The number of fused-ring (bicyclic) bond motifs is 2. The number of benzene rings is 2. The molecule has 0 bridgehead atoms. The van der Waals surface area contributed by atoms with Crippen LogP contribution in [0.3, 0.4) is 0 Å². The Morgan fingerprint density at radius 1 is 1.00 bits per heavy atom. The maximum Gasteiger partial charge on any atom is 0.231 e. The zero-order valence-electron chi connectivity index (χ0n) is 9.85. The summed E-state index contributed by atoms with van der Waals surface area (Å²) in [6, 6.07) is 14.7. The summed E-state index contributed by atoms with van der Waals surface area (Å²) >= 11 is 0. The van der Waals surface area contributed by atoms with E-state index in [2.05, 4.69) is 41.7 Å². The first-order valence-electron chi connectivity index (χ1n) is 6.14. The second-order valence-electron chi connectivity index (χ2n) is 4.63. The summed E-state index contributed by atoms with van der Waals surface area (Å²) in [6.07, 6.45) is 0. The van der Waals surface area contributed by atoms with E-state index in [1.54, 1.807) is 0 Å². The monoisotopic (exact) mass is 239 g/mol. The van der Waals surface area contributed by atoms with Gasteiger partial charge in [-0.15, -0.1) is 0 Å². The van der Waals surface area contributed by atoms with Crippen molar-refractivity contribution in [2.45, 2.75) is 5.92 Å². The van der Waals surface area contributed by atoms with E-state index in [-0.39, 0.29) is 0 Å². The van der Waals surface area contributed by atoms with E-state index < -0.39 is 0 Å². The van der Waals surface area contributed by atoms with Crippen molar-refractivity contribution in [1.29, 1.82) is 0 Å². The average molecular weight is 239 g/mol. The van der Waals surface area contributed by atoms with Gasteiger partial charge in [0.15, 0.2) is 11.5 Å². The van der Waals surface area contributed by atoms with Crippen LogP contribution in [0.4, 0.5) is 5.69 Å². The highest BCUT2D eigenvalue weighted by atomic mass is 16.7. The number of hydrogen-bond donors (Lipinski definition) is 1. The normalized spacial score (nSPS) is 19.4. The highest BCUT2D eigenvalue weighted by molar-refractivity contribution is 5.61. The quantitative estimate of drug-likeness (QED) is 0.829. The van der Waals surface area contributed by atoms with Gasteiger partial charge in [0.25, 0.3) is 0 Å². The van der Waals surface area contributed by atoms with E-state index in [0.29, 0.717) is 12.7 Å². The summed E-state index contributed by atoms with van der Waals surface area (Å²) in [4.78, 5) is 0. The molecule has 4 rings (SSSR count). The lowest BCUT2D eigenvalue weighted by Crippen LogP contribution is -2.03. The molecule has 0 saturated heterocycles. The van der Waals surface area contributed by atoms with Crippen LogP contribution in [0.25, 0.3) is 0 Å². The second kappa shape index (κ2) is 3.67. The summed E-state index contributed by atoms with van der Waals surface area (Å²) < 4.78 is 10.8. The Kier molecular flexibility index (Phi) is 2.00. The van der Waals surface area contributed by atoms with Gasteiger partial charge in [0.1, 0.15) is 0 Å². The number of para-hydroxylation sites is 1. The Balaban J connectivity index is 1.77. The van der Waals surface area contributed by atoms with Crippen molar-refractivity contribution in [3.8, 4) is 11.5 Å². The van der Waals surface area contributed by atoms with Crippen LogP contribution in [0.15, 0.2) is 42.5 Å². The molecule has 0 amide bonds. The van der Waals surface area contributed by atoms with Gasteiger partial charge in [-0.25, -0.2) is 0 Å². The summed E-state index contributed by atoms with van der Waals surface area (Å²) in [5.74, 6) is 2.10. The minimum Gasteiger partial charge on any atom is -0.454 e. The van der Waals surface area contributed by atoms with E-state index >= 15 is 0 Å². The van der Waals surface area contributed by atoms with Crippen molar-refractivity contribution in [2.24, 2.45) is 0 Å². The zero-order valence-corrected chi connectivity index (χ0v) is 9.85. The maximum atomic E-state index is 5.44. The van der Waals surface area contributed by atoms with Crippen molar-refractivity contribution < 1.29 is 9.47 Å². The molecule has 18 heavy (non-hydrogen) atoms. The zero-order chi connectivity index (χ0) is 11.9. The molecule has 2 aromatic rings. The number of anilines is 1. The Morgan fingerprint density at radius 2 is 1.89 bits per heavy atom. The Labute approximate surface area is 105 Å². The topological polar surface area (TPSA) is 30.5 Å². The van der Waals surface area contributed by atoms with Crippen LogP contribution in [0.5, 0.6) is 11.5 Å². The number of ether oxygens (including phenoxy) is 2. The first kappa shape index (κ1) is 9.83. The van der Waals surface area contributed by atoms with Crippen LogP contribution >= 0.6 is 0 Å². The number of nitrogens with one attached hydrogen (secondary N) is 1.